The van der Waals surface area contributed by atoms with Gasteiger partial charge in [0.2, 0.25) is 0 Å². The van der Waals surface area contributed by atoms with Crippen molar-refractivity contribution in [2.75, 3.05) is 17.6 Å². The van der Waals surface area contributed by atoms with Crippen molar-refractivity contribution in [1.82, 2.24) is 0 Å². The van der Waals surface area contributed by atoms with Gasteiger partial charge in [-0.15, -0.1) is 0 Å². The fourth-order valence-corrected chi connectivity index (χ4v) is 1.63. The van der Waals surface area contributed by atoms with Gasteiger partial charge in [0.15, 0.2) is 0 Å². The van der Waals surface area contributed by atoms with E-state index in [0.717, 1.165) is 0 Å². The van der Waals surface area contributed by atoms with E-state index in [0.29, 0.717) is 30.5 Å². The van der Waals surface area contributed by atoms with Crippen LogP contribution < -0.4 is 0 Å². The zero-order valence-corrected chi connectivity index (χ0v) is 7.36. The van der Waals surface area contributed by atoms with E-state index >= 15 is 0 Å². The molecule has 0 spiro atoms. The second-order valence-corrected chi connectivity index (χ2v) is 3.16. The van der Waals surface area contributed by atoms with Gasteiger partial charge in [0.05, 0.1) is 0 Å². The van der Waals surface area contributed by atoms with Crippen molar-refractivity contribution >= 4 is 22.6 Å². The molecule has 0 unspecified atom stereocenters. The van der Waals surface area contributed by atoms with Crippen molar-refractivity contribution in [3.05, 3.63) is 0 Å². The first-order valence-corrected chi connectivity index (χ1v) is 4.62. The van der Waals surface area contributed by atoms with E-state index in [1.165, 1.54) is 0 Å². The van der Waals surface area contributed by atoms with Crippen molar-refractivity contribution in [3.63, 3.8) is 0 Å². The topological polar surface area (TPSA) is 9.23 Å². The molecule has 0 radical (unpaired) electrons. The Balaban J connectivity index is 2.37. The Morgan fingerprint density at radius 1 is 1.44 bits per heavy atom. The Hall–Kier alpha value is 0.620. The number of rotatable bonds is 1. The molecule has 0 aromatic heterocycles. The average molecular weight is 244 g/mol. The van der Waals surface area contributed by atoms with Gasteiger partial charge in [0.25, 0.3) is 0 Å². The van der Waals surface area contributed by atoms with Crippen molar-refractivity contribution in [2.45, 2.75) is 18.5 Å². The van der Waals surface area contributed by atoms with E-state index in [-0.39, 0.29) is 0 Å². The highest BCUT2D eigenvalue weighted by atomic mass is 127. The fourth-order valence-electron chi connectivity index (χ4n) is 0.871. The van der Waals surface area contributed by atoms with Gasteiger partial charge in [-0.05, 0) is 0 Å². The van der Waals surface area contributed by atoms with E-state index in [1.807, 2.05) is 0 Å². The molecule has 1 nitrogen and oxygen atoms in total. The van der Waals surface area contributed by atoms with Gasteiger partial charge in [-0.2, -0.15) is 0 Å². The highest BCUT2D eigenvalue weighted by Gasteiger charge is 2.30. The summed E-state index contributed by atoms with van der Waals surface area (Å²) in [5.74, 6) is 0. The molecular formula is C6H10FIO. The van der Waals surface area contributed by atoms with Gasteiger partial charge < -0.3 is 4.74 Å². The highest BCUT2D eigenvalue weighted by Crippen LogP contribution is 2.26. The summed E-state index contributed by atoms with van der Waals surface area (Å²) in [6, 6.07) is 0. The summed E-state index contributed by atoms with van der Waals surface area (Å²) >= 11 is 2.09. The molecule has 0 amide bonds. The highest BCUT2D eigenvalue weighted by molar-refractivity contribution is 14.1. The van der Waals surface area contributed by atoms with E-state index in [4.69, 9.17) is 4.74 Å². The summed E-state index contributed by atoms with van der Waals surface area (Å²) in [5.41, 5.74) is -0.918. The summed E-state index contributed by atoms with van der Waals surface area (Å²) < 4.78 is 18.8. The molecule has 1 fully saturated rings. The van der Waals surface area contributed by atoms with Crippen LogP contribution in [0.3, 0.4) is 0 Å². The van der Waals surface area contributed by atoms with E-state index < -0.39 is 5.67 Å². The van der Waals surface area contributed by atoms with Crippen LogP contribution in [0.2, 0.25) is 0 Å². The molecule has 0 atom stereocenters. The predicted molar refractivity (Wildman–Crippen MR) is 42.8 cm³/mol. The average Bonchev–Trinajstić information content (AvgIpc) is 1.90. The summed E-state index contributed by atoms with van der Waals surface area (Å²) in [5, 5.41) is 0. The maximum absolute atomic E-state index is 13.2. The molecular weight excluding hydrogens is 234 g/mol. The summed E-state index contributed by atoms with van der Waals surface area (Å²) in [6.07, 6.45) is 1.16. The minimum Gasteiger partial charge on any atom is -0.381 e. The van der Waals surface area contributed by atoms with Crippen LogP contribution >= 0.6 is 22.6 Å². The molecule has 0 aliphatic carbocycles. The molecule has 9 heavy (non-hydrogen) atoms. The molecule has 1 saturated heterocycles. The third-order valence-corrected chi connectivity index (χ3v) is 3.00. The number of alkyl halides is 2. The molecule has 0 N–H and O–H groups in total. The van der Waals surface area contributed by atoms with Gasteiger partial charge in [0.1, 0.15) is 5.67 Å². The largest absolute Gasteiger partial charge is 0.381 e. The van der Waals surface area contributed by atoms with Crippen LogP contribution in [0.4, 0.5) is 4.39 Å². The van der Waals surface area contributed by atoms with Crippen molar-refractivity contribution in [2.24, 2.45) is 0 Å². The molecule has 3 heteroatoms. The quantitative estimate of drug-likeness (QED) is 0.506. The predicted octanol–water partition coefficient (Wildman–Crippen LogP) is 1.94. The Morgan fingerprint density at radius 3 is 2.33 bits per heavy atom. The SMILES string of the molecule is FC1(CI)CCOCC1. The maximum atomic E-state index is 13.2. The number of ether oxygens (including phenoxy) is 1. The van der Waals surface area contributed by atoms with Crippen LogP contribution in [0.5, 0.6) is 0 Å². The van der Waals surface area contributed by atoms with Crippen LogP contribution in [0.25, 0.3) is 0 Å². The van der Waals surface area contributed by atoms with E-state index in [9.17, 15) is 4.39 Å². The molecule has 0 aromatic rings. The Morgan fingerprint density at radius 2 is 2.00 bits per heavy atom. The molecule has 1 aliphatic heterocycles. The van der Waals surface area contributed by atoms with Gasteiger partial charge in [0, 0.05) is 30.5 Å². The summed E-state index contributed by atoms with van der Waals surface area (Å²) in [4.78, 5) is 0. The lowest BCUT2D eigenvalue weighted by molar-refractivity contribution is 0.00612. The molecule has 54 valence electrons. The van der Waals surface area contributed by atoms with Gasteiger partial charge in [-0.25, -0.2) is 4.39 Å². The zero-order chi connectivity index (χ0) is 6.74. The van der Waals surface area contributed by atoms with Crippen LogP contribution in [-0.4, -0.2) is 23.3 Å². The second kappa shape index (κ2) is 3.14. The van der Waals surface area contributed by atoms with E-state index in [1.54, 1.807) is 0 Å². The normalized spacial score (nSPS) is 26.0. The van der Waals surface area contributed by atoms with Crippen molar-refractivity contribution in [3.8, 4) is 0 Å². The Labute approximate surface area is 68.1 Å². The minimum absolute atomic E-state index is 0.579. The lowest BCUT2D eigenvalue weighted by Crippen LogP contribution is -2.32. The molecule has 0 aromatic carbocycles. The molecule has 1 rings (SSSR count). The smallest absolute Gasteiger partial charge is 0.124 e. The van der Waals surface area contributed by atoms with Crippen LogP contribution in [0.15, 0.2) is 0 Å². The van der Waals surface area contributed by atoms with Crippen LogP contribution in [0.1, 0.15) is 12.8 Å². The first kappa shape index (κ1) is 7.72. The van der Waals surface area contributed by atoms with Gasteiger partial charge >= 0.3 is 0 Å². The Bertz CT molecular complexity index is 91.1. The lowest BCUT2D eigenvalue weighted by atomic mass is 10.00. The first-order chi connectivity index (χ1) is 4.27. The Kier molecular flexibility index (Phi) is 2.70. The zero-order valence-electron chi connectivity index (χ0n) is 5.20. The summed E-state index contributed by atoms with van der Waals surface area (Å²) in [7, 11) is 0. The standard InChI is InChI=1S/C6H10FIO/c7-6(5-8)1-3-9-4-2-6/h1-5H2. The number of hydrogen-bond donors (Lipinski definition) is 0. The number of hydrogen-bond acceptors (Lipinski definition) is 1. The van der Waals surface area contributed by atoms with Gasteiger partial charge in [-0.1, -0.05) is 22.6 Å². The lowest BCUT2D eigenvalue weighted by Gasteiger charge is -2.27. The second-order valence-electron chi connectivity index (χ2n) is 2.40. The number of halogens is 2. The maximum Gasteiger partial charge on any atom is 0.124 e. The van der Waals surface area contributed by atoms with Crippen molar-refractivity contribution in [1.29, 1.82) is 0 Å². The van der Waals surface area contributed by atoms with Crippen LogP contribution in [0, 0.1) is 0 Å². The molecule has 1 aliphatic rings. The molecule has 0 bridgehead atoms. The van der Waals surface area contributed by atoms with Crippen LogP contribution in [-0.2, 0) is 4.74 Å². The minimum atomic E-state index is -0.918. The monoisotopic (exact) mass is 244 g/mol. The van der Waals surface area contributed by atoms with Gasteiger partial charge in [-0.3, -0.25) is 0 Å². The fraction of sp³-hybridized carbons (Fsp3) is 1.00. The first-order valence-electron chi connectivity index (χ1n) is 3.09. The molecule has 0 saturated carbocycles. The third kappa shape index (κ3) is 2.04. The summed E-state index contributed by atoms with van der Waals surface area (Å²) in [6.45, 7) is 1.19. The third-order valence-electron chi connectivity index (χ3n) is 1.63. The van der Waals surface area contributed by atoms with E-state index in [2.05, 4.69) is 22.6 Å². The molecule has 1 heterocycles. The van der Waals surface area contributed by atoms with Crippen molar-refractivity contribution < 1.29 is 9.13 Å².